The number of ether oxygens (including phenoxy) is 4. The summed E-state index contributed by atoms with van der Waals surface area (Å²) < 4.78 is 21.1. The summed E-state index contributed by atoms with van der Waals surface area (Å²) in [6.07, 6.45) is -4.68. The van der Waals surface area contributed by atoms with Gasteiger partial charge in [0.05, 0.1) is 0 Å². The van der Waals surface area contributed by atoms with Crippen LogP contribution >= 0.6 is 0 Å². The van der Waals surface area contributed by atoms with Crippen LogP contribution in [0.15, 0.2) is 20.5 Å². The lowest BCUT2D eigenvalue weighted by atomic mass is 10.1. The standard InChI is InChI=1S/C37H60N16O12/c1-34(2,3)62-26(54)18-14-22(42-47-38)30(58)46-52(32(60)24(44-49-40)16-20-28(56)64-36(7,8)9)53(33(61)25(45-50-41)17-21-29(57)65-37(10,11)12)51(13)31(59)23(43-48-39)15-19-27(55)63-35(4,5)6/h22-25H,14-21H2,1-13H3,(H,46,58)/t22-,23-,24-,25-/m0/s1. The van der Waals surface area contributed by atoms with Crippen LogP contribution in [0.2, 0.25) is 0 Å². The van der Waals surface area contributed by atoms with Gasteiger partial charge in [-0.3, -0.25) is 38.4 Å². The van der Waals surface area contributed by atoms with E-state index in [9.17, 15) is 60.5 Å². The van der Waals surface area contributed by atoms with Crippen LogP contribution in [0.3, 0.4) is 0 Å². The minimum atomic E-state index is -2.02. The van der Waals surface area contributed by atoms with Gasteiger partial charge in [0.25, 0.3) is 17.7 Å². The summed E-state index contributed by atoms with van der Waals surface area (Å²) in [5.74, 6) is -9.27. The molecule has 0 aromatic rings. The fourth-order valence-electron chi connectivity index (χ4n) is 5.11. The Morgan fingerprint density at radius 2 is 0.723 bits per heavy atom. The lowest BCUT2D eigenvalue weighted by molar-refractivity contribution is -0.216. The summed E-state index contributed by atoms with van der Waals surface area (Å²) in [6.45, 7) is 18.7. The first kappa shape index (κ1) is 58.0. The highest BCUT2D eigenvalue weighted by molar-refractivity contribution is 5.93. The average Bonchev–Trinajstić information content (AvgIpc) is 3.14. The molecular formula is C37H60N16O12. The van der Waals surface area contributed by atoms with Crippen molar-refractivity contribution in [1.29, 1.82) is 0 Å². The van der Waals surface area contributed by atoms with E-state index in [0.29, 0.717) is 5.01 Å². The molecule has 0 aromatic heterocycles. The van der Waals surface area contributed by atoms with Gasteiger partial charge in [0.15, 0.2) is 0 Å². The molecule has 1 N–H and O–H groups in total. The number of carbonyl (C=O) groups excluding carboxylic acids is 8. The summed E-state index contributed by atoms with van der Waals surface area (Å²) in [4.78, 5) is 119. The zero-order valence-electron chi connectivity index (χ0n) is 39.1. The molecule has 0 aliphatic rings. The van der Waals surface area contributed by atoms with Crippen molar-refractivity contribution in [3.63, 3.8) is 0 Å². The number of likely N-dealkylation sites (N-methyl/N-ethyl adjacent to an activating group) is 1. The zero-order valence-corrected chi connectivity index (χ0v) is 39.1. The molecule has 0 spiro atoms. The summed E-state index contributed by atoms with van der Waals surface area (Å²) in [5, 5.41) is 14.2. The van der Waals surface area contributed by atoms with Gasteiger partial charge in [-0.25, -0.2) is 10.4 Å². The molecule has 0 fully saturated rings. The molecule has 0 bridgehead atoms. The molecule has 0 aromatic carbocycles. The van der Waals surface area contributed by atoms with Crippen molar-refractivity contribution in [2.45, 2.75) is 181 Å². The zero-order chi connectivity index (χ0) is 50.5. The Morgan fingerprint density at radius 3 is 1.02 bits per heavy atom. The summed E-state index contributed by atoms with van der Waals surface area (Å²) in [5.41, 5.74) is 36.0. The van der Waals surface area contributed by atoms with E-state index in [0.717, 1.165) is 7.05 Å². The fraction of sp³-hybridized carbons (Fsp3) is 0.784. The first-order chi connectivity index (χ1) is 29.8. The maximum Gasteiger partial charge on any atom is 0.306 e. The molecule has 0 unspecified atom stereocenters. The van der Waals surface area contributed by atoms with Crippen LogP contribution in [0.1, 0.15) is 134 Å². The van der Waals surface area contributed by atoms with Crippen molar-refractivity contribution in [1.82, 2.24) is 20.7 Å². The Balaban J connectivity index is 7.98. The van der Waals surface area contributed by atoms with E-state index in [1.807, 2.05) is 5.43 Å². The van der Waals surface area contributed by atoms with Gasteiger partial charge in [0.1, 0.15) is 46.6 Å². The van der Waals surface area contributed by atoms with Crippen LogP contribution in [-0.4, -0.2) is 116 Å². The van der Waals surface area contributed by atoms with E-state index in [4.69, 9.17) is 18.9 Å². The SMILES string of the molecule is CN(C(=O)[C@H](CCC(=O)OC(C)(C)C)N=[N+]=[N-])N(C(=O)[C@H](CCC(=O)OC(C)(C)C)N=[N+]=[N-])N(NC(=O)[C@H](CCC(=O)OC(C)(C)C)N=[N+]=[N-])C(=O)[C@H](CCC(=O)OC(C)(C)C)N=[N+]=[N-]. The number of nitrogens with zero attached hydrogens (tertiary/aromatic N) is 15. The van der Waals surface area contributed by atoms with Crippen LogP contribution in [0.4, 0.5) is 0 Å². The van der Waals surface area contributed by atoms with Gasteiger partial charge in [-0.1, -0.05) is 20.5 Å². The highest BCUT2D eigenvalue weighted by atomic mass is 16.6. The molecule has 65 heavy (non-hydrogen) atoms. The summed E-state index contributed by atoms with van der Waals surface area (Å²) >= 11 is 0. The number of rotatable bonds is 20. The van der Waals surface area contributed by atoms with E-state index in [1.165, 1.54) is 0 Å². The Kier molecular flexibility index (Phi) is 23.2. The molecule has 0 saturated heterocycles. The number of carbonyl (C=O) groups is 8. The fourth-order valence-corrected chi connectivity index (χ4v) is 5.11. The molecular weight excluding hydrogens is 861 g/mol. The van der Waals surface area contributed by atoms with Gasteiger partial charge in [0.2, 0.25) is 5.91 Å². The van der Waals surface area contributed by atoms with Gasteiger partial charge in [-0.2, -0.15) is 0 Å². The van der Waals surface area contributed by atoms with E-state index < -0.39 is 145 Å². The maximum absolute atomic E-state index is 14.7. The van der Waals surface area contributed by atoms with Crippen LogP contribution < -0.4 is 5.43 Å². The van der Waals surface area contributed by atoms with Crippen molar-refractivity contribution < 1.29 is 57.3 Å². The number of hydrazine groups is 3. The molecule has 0 heterocycles. The molecule has 0 aliphatic carbocycles. The quantitative estimate of drug-likeness (QED) is 0.0358. The van der Waals surface area contributed by atoms with Crippen LogP contribution in [0.25, 0.3) is 41.8 Å². The van der Waals surface area contributed by atoms with Gasteiger partial charge < -0.3 is 18.9 Å². The molecule has 4 atom stereocenters. The third kappa shape index (κ3) is 23.9. The average molecular weight is 921 g/mol. The summed E-state index contributed by atoms with van der Waals surface area (Å²) in [7, 11) is 0.831. The number of hydrogen-bond donors (Lipinski definition) is 1. The smallest absolute Gasteiger partial charge is 0.306 e. The number of esters is 4. The Bertz CT molecular complexity index is 1940. The van der Waals surface area contributed by atoms with Crippen molar-refractivity contribution in [3.8, 4) is 0 Å². The first-order valence-corrected chi connectivity index (χ1v) is 20.1. The van der Waals surface area contributed by atoms with Crippen LogP contribution in [0, 0.1) is 0 Å². The van der Waals surface area contributed by atoms with Gasteiger partial charge >= 0.3 is 23.9 Å². The topological polar surface area (TPSA) is 390 Å². The molecule has 0 radical (unpaired) electrons. The molecule has 360 valence electrons. The maximum atomic E-state index is 14.7. The molecule has 28 heteroatoms. The molecule has 28 nitrogen and oxygen atoms in total. The van der Waals surface area contributed by atoms with Crippen LogP contribution in [-0.2, 0) is 57.3 Å². The minimum absolute atomic E-state index is 0.0265. The van der Waals surface area contributed by atoms with E-state index >= 15 is 0 Å². The third-order valence-corrected chi connectivity index (χ3v) is 7.50. The summed E-state index contributed by atoms with van der Waals surface area (Å²) in [6, 6.07) is -7.77. The normalized spacial score (nSPS) is 13.1. The van der Waals surface area contributed by atoms with Crippen molar-refractivity contribution >= 4 is 47.5 Å². The molecule has 0 aliphatic heterocycles. The first-order valence-electron chi connectivity index (χ1n) is 20.1. The number of amides is 4. The van der Waals surface area contributed by atoms with Crippen molar-refractivity contribution in [3.05, 3.63) is 41.8 Å². The van der Waals surface area contributed by atoms with E-state index in [1.54, 1.807) is 83.1 Å². The minimum Gasteiger partial charge on any atom is -0.460 e. The largest absolute Gasteiger partial charge is 0.460 e. The molecule has 0 saturated carbocycles. The Labute approximate surface area is 375 Å². The lowest BCUT2D eigenvalue weighted by Gasteiger charge is -2.42. The second-order valence-electron chi connectivity index (χ2n) is 18.0. The highest BCUT2D eigenvalue weighted by Gasteiger charge is 2.42. The van der Waals surface area contributed by atoms with Gasteiger partial charge in [-0.15, -0.1) is 10.2 Å². The molecule has 4 amide bonds. The van der Waals surface area contributed by atoms with Gasteiger partial charge in [-0.05, 0) is 131 Å². The van der Waals surface area contributed by atoms with Gasteiger partial charge in [0, 0.05) is 52.4 Å². The Morgan fingerprint density at radius 1 is 0.462 bits per heavy atom. The highest BCUT2D eigenvalue weighted by Crippen LogP contribution is 2.21. The van der Waals surface area contributed by atoms with E-state index in [2.05, 4.69) is 40.1 Å². The van der Waals surface area contributed by atoms with Crippen molar-refractivity contribution in [2.24, 2.45) is 20.5 Å². The predicted molar refractivity (Wildman–Crippen MR) is 227 cm³/mol. The number of azide groups is 4. The third-order valence-electron chi connectivity index (χ3n) is 7.50. The number of hydrogen-bond acceptors (Lipinski definition) is 16. The van der Waals surface area contributed by atoms with E-state index in [-0.39, 0.29) is 10.2 Å². The predicted octanol–water partition coefficient (Wildman–Crippen LogP) is 6.17. The monoisotopic (exact) mass is 920 g/mol. The second-order valence-corrected chi connectivity index (χ2v) is 18.0. The lowest BCUT2D eigenvalue weighted by Crippen LogP contribution is -2.68. The molecule has 0 rings (SSSR count). The Hall–Kier alpha value is -7.00. The number of nitrogens with one attached hydrogen (secondary N) is 1. The van der Waals surface area contributed by atoms with Crippen LogP contribution in [0.5, 0.6) is 0 Å². The second kappa shape index (κ2) is 25.9. The van der Waals surface area contributed by atoms with Crippen molar-refractivity contribution in [2.75, 3.05) is 7.05 Å².